The number of pyridine rings is 2. The van der Waals surface area contributed by atoms with Crippen molar-refractivity contribution in [3.63, 3.8) is 0 Å². The maximum Gasteiger partial charge on any atom is 0.173 e. The van der Waals surface area contributed by atoms with Gasteiger partial charge in [-0.25, -0.2) is 9.37 Å². The number of aliphatic hydroxyl groups is 1. The van der Waals surface area contributed by atoms with Gasteiger partial charge in [0.2, 0.25) is 0 Å². The van der Waals surface area contributed by atoms with Gasteiger partial charge in [-0.3, -0.25) is 9.67 Å². The van der Waals surface area contributed by atoms with Crippen molar-refractivity contribution in [1.82, 2.24) is 19.7 Å². The summed E-state index contributed by atoms with van der Waals surface area (Å²) in [6, 6.07) is 13.8. The van der Waals surface area contributed by atoms with E-state index in [-0.39, 0.29) is 19.0 Å². The molecule has 6 rings (SSSR count). The van der Waals surface area contributed by atoms with Crippen molar-refractivity contribution in [3.8, 4) is 22.8 Å². The van der Waals surface area contributed by atoms with Crippen molar-refractivity contribution < 1.29 is 19.0 Å². The standard InChI is InChI=1S/C25H22FN5O3/c26-17-3-1-2-16(10-17)24-21(13-31(30-24)19-4-5-19)34-20-7-9-28-23(12-20)29-18-6-8-27-22(11-18)25(32)14-33-15-25/h1-3,6-13,19,32H,4-5,14-15H2,(H,27,28,29). The highest BCUT2D eigenvalue weighted by molar-refractivity contribution is 5.67. The Morgan fingerprint density at radius 3 is 2.71 bits per heavy atom. The zero-order valence-electron chi connectivity index (χ0n) is 18.2. The summed E-state index contributed by atoms with van der Waals surface area (Å²) in [5.74, 6) is 1.35. The third-order valence-electron chi connectivity index (χ3n) is 5.87. The summed E-state index contributed by atoms with van der Waals surface area (Å²) in [4.78, 5) is 8.63. The van der Waals surface area contributed by atoms with Gasteiger partial charge < -0.3 is 19.9 Å². The lowest BCUT2D eigenvalue weighted by Gasteiger charge is -2.35. The number of hydrogen-bond acceptors (Lipinski definition) is 7. The minimum absolute atomic E-state index is 0.229. The molecule has 8 nitrogen and oxygen atoms in total. The second-order valence-corrected chi connectivity index (χ2v) is 8.62. The smallest absolute Gasteiger partial charge is 0.173 e. The van der Waals surface area contributed by atoms with Crippen LogP contribution in [0.3, 0.4) is 0 Å². The Hall–Kier alpha value is -3.82. The minimum atomic E-state index is -1.05. The van der Waals surface area contributed by atoms with Gasteiger partial charge in [0.25, 0.3) is 0 Å². The second-order valence-electron chi connectivity index (χ2n) is 8.62. The second kappa shape index (κ2) is 8.19. The summed E-state index contributed by atoms with van der Waals surface area (Å²) < 4.78 is 27.1. The fourth-order valence-electron chi connectivity index (χ4n) is 3.84. The quantitative estimate of drug-likeness (QED) is 0.418. The average Bonchev–Trinajstić information content (AvgIpc) is 3.58. The van der Waals surface area contributed by atoms with Crippen LogP contribution in [0.25, 0.3) is 11.3 Å². The summed E-state index contributed by atoms with van der Waals surface area (Å²) in [6.07, 6.45) is 7.28. The fraction of sp³-hybridized carbons (Fsp3) is 0.240. The monoisotopic (exact) mass is 459 g/mol. The Balaban J connectivity index is 1.26. The molecule has 1 saturated heterocycles. The average molecular weight is 459 g/mol. The van der Waals surface area contributed by atoms with Crippen molar-refractivity contribution in [2.24, 2.45) is 0 Å². The molecule has 9 heteroatoms. The van der Waals surface area contributed by atoms with Crippen LogP contribution >= 0.6 is 0 Å². The van der Waals surface area contributed by atoms with Gasteiger partial charge in [-0.05, 0) is 43.2 Å². The highest BCUT2D eigenvalue weighted by Crippen LogP contribution is 2.40. The van der Waals surface area contributed by atoms with E-state index in [1.165, 1.54) is 12.1 Å². The number of ether oxygens (including phenoxy) is 2. The van der Waals surface area contributed by atoms with Crippen LogP contribution in [0, 0.1) is 5.82 Å². The van der Waals surface area contributed by atoms with Crippen LogP contribution in [0.1, 0.15) is 24.6 Å². The van der Waals surface area contributed by atoms with E-state index in [1.54, 1.807) is 42.7 Å². The van der Waals surface area contributed by atoms with E-state index in [0.717, 1.165) is 18.5 Å². The Labute approximate surface area is 195 Å². The van der Waals surface area contributed by atoms with Crippen molar-refractivity contribution in [2.75, 3.05) is 18.5 Å². The van der Waals surface area contributed by atoms with Crippen LogP contribution in [0.4, 0.5) is 15.9 Å². The van der Waals surface area contributed by atoms with E-state index in [0.29, 0.717) is 40.3 Å². The molecule has 172 valence electrons. The highest BCUT2D eigenvalue weighted by atomic mass is 19.1. The maximum absolute atomic E-state index is 13.9. The third-order valence-corrected chi connectivity index (χ3v) is 5.87. The molecule has 4 aromatic rings. The molecule has 2 N–H and O–H groups in total. The van der Waals surface area contributed by atoms with Crippen LogP contribution in [-0.4, -0.2) is 38.1 Å². The predicted molar refractivity (Wildman–Crippen MR) is 122 cm³/mol. The van der Waals surface area contributed by atoms with Crippen LogP contribution in [0.5, 0.6) is 11.5 Å². The van der Waals surface area contributed by atoms with Gasteiger partial charge in [-0.15, -0.1) is 0 Å². The largest absolute Gasteiger partial charge is 0.453 e. The van der Waals surface area contributed by atoms with Crippen LogP contribution in [0.2, 0.25) is 0 Å². The summed E-state index contributed by atoms with van der Waals surface area (Å²) >= 11 is 0. The number of benzene rings is 1. The molecule has 2 aliphatic rings. The van der Waals surface area contributed by atoms with E-state index in [1.807, 2.05) is 16.9 Å². The van der Waals surface area contributed by atoms with Gasteiger partial charge in [0.1, 0.15) is 23.1 Å². The molecule has 0 bridgehead atoms. The predicted octanol–water partition coefficient (Wildman–Crippen LogP) is 4.57. The van der Waals surface area contributed by atoms with Gasteiger partial charge in [0.15, 0.2) is 11.4 Å². The number of aromatic nitrogens is 4. The first kappa shape index (κ1) is 20.8. The first-order chi connectivity index (χ1) is 16.6. The maximum atomic E-state index is 13.9. The zero-order chi connectivity index (χ0) is 23.1. The van der Waals surface area contributed by atoms with Crippen molar-refractivity contribution in [2.45, 2.75) is 24.5 Å². The van der Waals surface area contributed by atoms with Gasteiger partial charge in [-0.1, -0.05) is 12.1 Å². The molecule has 1 aliphatic carbocycles. The Kier molecular flexibility index (Phi) is 5.00. The molecular formula is C25H22FN5O3. The molecule has 1 saturated carbocycles. The molecule has 3 aromatic heterocycles. The third kappa shape index (κ3) is 4.11. The molecule has 2 fully saturated rings. The van der Waals surface area contributed by atoms with E-state index >= 15 is 0 Å². The van der Waals surface area contributed by atoms with Gasteiger partial charge in [0.05, 0.1) is 31.1 Å². The van der Waals surface area contributed by atoms with E-state index < -0.39 is 5.60 Å². The molecular weight excluding hydrogens is 437 g/mol. The molecule has 0 spiro atoms. The summed E-state index contributed by atoms with van der Waals surface area (Å²) in [7, 11) is 0. The summed E-state index contributed by atoms with van der Waals surface area (Å²) in [5, 5.41) is 18.4. The topological polar surface area (TPSA) is 94.3 Å². The summed E-state index contributed by atoms with van der Waals surface area (Å²) in [5.41, 5.74) is 1.47. The van der Waals surface area contributed by atoms with Gasteiger partial charge >= 0.3 is 0 Å². The Morgan fingerprint density at radius 1 is 1.09 bits per heavy atom. The number of anilines is 2. The van der Waals surface area contributed by atoms with E-state index in [4.69, 9.17) is 9.47 Å². The molecule has 0 unspecified atom stereocenters. The molecule has 34 heavy (non-hydrogen) atoms. The lowest BCUT2D eigenvalue weighted by Crippen LogP contribution is -2.47. The van der Waals surface area contributed by atoms with Crippen LogP contribution in [0.15, 0.2) is 67.1 Å². The van der Waals surface area contributed by atoms with Gasteiger partial charge in [0, 0.05) is 29.7 Å². The molecule has 0 amide bonds. The van der Waals surface area contributed by atoms with Crippen LogP contribution in [-0.2, 0) is 10.3 Å². The Bertz CT molecular complexity index is 1350. The lowest BCUT2D eigenvalue weighted by atomic mass is 9.97. The lowest BCUT2D eigenvalue weighted by molar-refractivity contribution is -0.186. The number of nitrogens with zero attached hydrogens (tertiary/aromatic N) is 4. The SMILES string of the molecule is OC1(c2cc(Nc3cc(Oc4cn(C5CC5)nc4-c4cccc(F)c4)ccn3)ccn2)COC1. The van der Waals surface area contributed by atoms with Crippen LogP contribution < -0.4 is 10.1 Å². The van der Waals surface area contributed by atoms with Crippen molar-refractivity contribution in [3.05, 3.63) is 78.6 Å². The number of hydrogen-bond donors (Lipinski definition) is 2. The van der Waals surface area contributed by atoms with E-state index in [2.05, 4.69) is 20.4 Å². The first-order valence-electron chi connectivity index (χ1n) is 11.1. The van der Waals surface area contributed by atoms with E-state index in [9.17, 15) is 9.50 Å². The number of halogens is 1. The number of nitrogens with one attached hydrogen (secondary N) is 1. The van der Waals surface area contributed by atoms with Crippen molar-refractivity contribution in [1.29, 1.82) is 0 Å². The normalized spacial score (nSPS) is 16.6. The first-order valence-corrected chi connectivity index (χ1v) is 11.1. The molecule has 0 radical (unpaired) electrons. The molecule has 1 aromatic carbocycles. The fourth-order valence-corrected chi connectivity index (χ4v) is 3.84. The Morgan fingerprint density at radius 2 is 1.94 bits per heavy atom. The number of rotatable bonds is 7. The highest BCUT2D eigenvalue weighted by Gasteiger charge is 2.39. The minimum Gasteiger partial charge on any atom is -0.453 e. The molecule has 4 heterocycles. The summed E-state index contributed by atoms with van der Waals surface area (Å²) in [6.45, 7) is 0.459. The molecule has 0 atom stereocenters. The van der Waals surface area contributed by atoms with Crippen molar-refractivity contribution >= 4 is 11.5 Å². The van der Waals surface area contributed by atoms with Gasteiger partial charge in [-0.2, -0.15) is 5.10 Å². The zero-order valence-corrected chi connectivity index (χ0v) is 18.2. The molecule has 1 aliphatic heterocycles.